The lowest BCUT2D eigenvalue weighted by Crippen LogP contribution is -2.47. The number of rotatable bonds is 7. The number of ether oxygens (including phenoxy) is 1. The van der Waals surface area contributed by atoms with Crippen LogP contribution in [0.2, 0.25) is 0 Å². The molecule has 0 bridgehead atoms. The van der Waals surface area contributed by atoms with Gasteiger partial charge in [0.1, 0.15) is 11.9 Å². The van der Waals surface area contributed by atoms with Crippen molar-refractivity contribution in [1.82, 2.24) is 15.1 Å². The van der Waals surface area contributed by atoms with E-state index in [1.807, 2.05) is 35.2 Å². The predicted octanol–water partition coefficient (Wildman–Crippen LogP) is 3.86. The molecule has 2 aliphatic heterocycles. The van der Waals surface area contributed by atoms with Gasteiger partial charge in [0.15, 0.2) is 5.96 Å². The summed E-state index contributed by atoms with van der Waals surface area (Å²) in [5.41, 5.74) is 2.66. The highest BCUT2D eigenvalue weighted by Crippen LogP contribution is 2.20. The molecule has 1 amide bonds. The third-order valence-corrected chi connectivity index (χ3v) is 6.42. The number of fused-ring (bicyclic) bond motifs is 1. The molecule has 2 aromatic rings. The number of benzene rings is 2. The summed E-state index contributed by atoms with van der Waals surface area (Å²) < 4.78 is 6.12. The first-order valence-corrected chi connectivity index (χ1v) is 12.3. The van der Waals surface area contributed by atoms with Gasteiger partial charge in [-0.1, -0.05) is 42.5 Å². The Morgan fingerprint density at radius 1 is 1.00 bits per heavy atom. The monoisotopic (exact) mass is 448 g/mol. The van der Waals surface area contributed by atoms with Crippen LogP contribution in [0.5, 0.6) is 5.75 Å². The van der Waals surface area contributed by atoms with Crippen LogP contribution < -0.4 is 10.1 Å². The van der Waals surface area contributed by atoms with Gasteiger partial charge < -0.3 is 19.9 Å². The van der Waals surface area contributed by atoms with Crippen molar-refractivity contribution in [2.45, 2.75) is 51.7 Å². The number of para-hydroxylation sites is 1. The van der Waals surface area contributed by atoms with E-state index in [-0.39, 0.29) is 12.0 Å². The van der Waals surface area contributed by atoms with Gasteiger partial charge in [-0.3, -0.25) is 9.79 Å². The third kappa shape index (κ3) is 6.50. The Hall–Kier alpha value is -3.02. The molecule has 4 rings (SSSR count). The van der Waals surface area contributed by atoms with E-state index in [4.69, 9.17) is 9.73 Å². The molecule has 0 aromatic heterocycles. The maximum absolute atomic E-state index is 12.7. The Bertz CT molecular complexity index is 923. The molecule has 0 atom stereocenters. The Kier molecular flexibility index (Phi) is 8.23. The lowest BCUT2D eigenvalue weighted by Gasteiger charge is -2.34. The molecular weight excluding hydrogens is 412 g/mol. The number of amides is 1. The summed E-state index contributed by atoms with van der Waals surface area (Å²) in [5.74, 6) is 2.14. The van der Waals surface area contributed by atoms with E-state index >= 15 is 0 Å². The summed E-state index contributed by atoms with van der Waals surface area (Å²) in [6.45, 7) is 7.01. The molecule has 0 radical (unpaired) electrons. The highest BCUT2D eigenvalue weighted by atomic mass is 16.5. The molecular formula is C27H36N4O2. The second-order valence-corrected chi connectivity index (χ2v) is 8.79. The topological polar surface area (TPSA) is 57.2 Å². The van der Waals surface area contributed by atoms with E-state index in [2.05, 4.69) is 41.4 Å². The Morgan fingerprint density at radius 2 is 1.73 bits per heavy atom. The molecule has 0 spiro atoms. The van der Waals surface area contributed by atoms with Gasteiger partial charge in [0.05, 0.1) is 0 Å². The first-order valence-electron chi connectivity index (χ1n) is 12.3. The minimum atomic E-state index is 0.239. The van der Waals surface area contributed by atoms with Crippen molar-refractivity contribution in [3.05, 3.63) is 65.7 Å². The van der Waals surface area contributed by atoms with E-state index in [9.17, 15) is 4.79 Å². The molecule has 0 saturated carbocycles. The highest BCUT2D eigenvalue weighted by molar-refractivity contribution is 5.80. The quantitative estimate of drug-likeness (QED) is 0.397. The van der Waals surface area contributed by atoms with Crippen molar-refractivity contribution in [3.63, 3.8) is 0 Å². The van der Waals surface area contributed by atoms with E-state index < -0.39 is 0 Å². The van der Waals surface area contributed by atoms with Crippen molar-refractivity contribution < 1.29 is 9.53 Å². The fourth-order valence-corrected chi connectivity index (χ4v) is 4.58. The number of carbonyl (C=O) groups excluding carboxylic acids is 1. The summed E-state index contributed by atoms with van der Waals surface area (Å²) in [7, 11) is 0. The molecule has 1 saturated heterocycles. The van der Waals surface area contributed by atoms with Crippen LogP contribution in [-0.4, -0.2) is 60.5 Å². The van der Waals surface area contributed by atoms with Crippen molar-refractivity contribution in [2.24, 2.45) is 4.99 Å². The normalized spacial score (nSPS) is 16.9. The van der Waals surface area contributed by atoms with Gasteiger partial charge in [-0.15, -0.1) is 0 Å². The van der Waals surface area contributed by atoms with Crippen LogP contribution in [0.1, 0.15) is 43.7 Å². The van der Waals surface area contributed by atoms with E-state index in [1.54, 1.807) is 0 Å². The van der Waals surface area contributed by atoms with Crippen LogP contribution in [-0.2, 0) is 17.8 Å². The van der Waals surface area contributed by atoms with Gasteiger partial charge in [-0.05, 0) is 43.0 Å². The molecule has 2 heterocycles. The molecule has 0 aliphatic carbocycles. The largest absolute Gasteiger partial charge is 0.490 e. The first kappa shape index (κ1) is 23.1. The average molecular weight is 449 g/mol. The second-order valence-electron chi connectivity index (χ2n) is 8.79. The number of piperidine rings is 1. The number of hydrogen-bond acceptors (Lipinski definition) is 3. The van der Waals surface area contributed by atoms with Gasteiger partial charge >= 0.3 is 0 Å². The molecule has 1 fully saturated rings. The molecule has 0 unspecified atom stereocenters. The van der Waals surface area contributed by atoms with Crippen molar-refractivity contribution in [3.8, 4) is 5.75 Å². The zero-order valence-corrected chi connectivity index (χ0v) is 19.7. The predicted molar refractivity (Wildman–Crippen MR) is 132 cm³/mol. The highest BCUT2D eigenvalue weighted by Gasteiger charge is 2.23. The molecule has 33 heavy (non-hydrogen) atoms. The lowest BCUT2D eigenvalue weighted by molar-refractivity contribution is -0.132. The van der Waals surface area contributed by atoms with Gasteiger partial charge in [0.2, 0.25) is 5.91 Å². The maximum atomic E-state index is 12.7. The van der Waals surface area contributed by atoms with Crippen molar-refractivity contribution in [1.29, 1.82) is 0 Å². The summed E-state index contributed by atoms with van der Waals surface area (Å²) >= 11 is 0. The van der Waals surface area contributed by atoms with Gasteiger partial charge in [-0.25, -0.2) is 0 Å². The fourth-order valence-electron chi connectivity index (χ4n) is 4.58. The number of guanidine groups is 1. The minimum absolute atomic E-state index is 0.239. The summed E-state index contributed by atoms with van der Waals surface area (Å²) in [4.78, 5) is 21.8. The smallest absolute Gasteiger partial charge is 0.222 e. The van der Waals surface area contributed by atoms with Crippen LogP contribution in [0, 0.1) is 0 Å². The maximum Gasteiger partial charge on any atom is 0.222 e. The summed E-state index contributed by atoms with van der Waals surface area (Å²) in [5, 5.41) is 3.42. The number of nitrogens with zero attached hydrogens (tertiary/aromatic N) is 3. The second kappa shape index (κ2) is 11.7. The molecule has 6 nitrogen and oxygen atoms in total. The van der Waals surface area contributed by atoms with Crippen LogP contribution in [0.15, 0.2) is 59.6 Å². The number of aliphatic imine (C=N–C) groups is 1. The average Bonchev–Trinajstić information content (AvgIpc) is 2.86. The van der Waals surface area contributed by atoms with Crippen molar-refractivity contribution in [2.75, 3.05) is 32.7 Å². The van der Waals surface area contributed by atoms with E-state index in [0.29, 0.717) is 13.0 Å². The summed E-state index contributed by atoms with van der Waals surface area (Å²) in [6.07, 6.45) is 4.49. The lowest BCUT2D eigenvalue weighted by atomic mass is 9.99. The molecule has 6 heteroatoms. The first-order chi connectivity index (χ1) is 16.2. The molecule has 1 N–H and O–H groups in total. The van der Waals surface area contributed by atoms with E-state index in [0.717, 1.165) is 70.1 Å². The number of carbonyl (C=O) groups is 1. The summed E-state index contributed by atoms with van der Waals surface area (Å²) in [6, 6.07) is 18.5. The number of likely N-dealkylation sites (tertiary alicyclic amines) is 1. The van der Waals surface area contributed by atoms with Crippen LogP contribution in [0.3, 0.4) is 0 Å². The Balaban J connectivity index is 1.21. The van der Waals surface area contributed by atoms with Crippen LogP contribution >= 0.6 is 0 Å². The number of hydrogen-bond donors (Lipinski definition) is 1. The van der Waals surface area contributed by atoms with Gasteiger partial charge in [0, 0.05) is 58.5 Å². The minimum Gasteiger partial charge on any atom is -0.490 e. The Morgan fingerprint density at radius 3 is 2.48 bits per heavy atom. The zero-order chi connectivity index (χ0) is 22.9. The van der Waals surface area contributed by atoms with Gasteiger partial charge in [-0.2, -0.15) is 0 Å². The third-order valence-electron chi connectivity index (χ3n) is 6.42. The number of nitrogens with one attached hydrogen (secondary N) is 1. The van der Waals surface area contributed by atoms with Crippen LogP contribution in [0.25, 0.3) is 0 Å². The molecule has 2 aromatic carbocycles. The molecule has 2 aliphatic rings. The zero-order valence-electron chi connectivity index (χ0n) is 19.7. The SMILES string of the molecule is CCNC(=NCCCC(=O)N1CCc2ccccc2C1)N1CCC(Oc2ccccc2)CC1. The molecule has 176 valence electrons. The fraction of sp³-hybridized carbons (Fsp3) is 0.481. The Labute approximate surface area is 197 Å². The van der Waals surface area contributed by atoms with Crippen LogP contribution in [0.4, 0.5) is 0 Å². The standard InChI is InChI=1S/C27H36N4O2/c1-2-28-27(30-19-15-25(16-20-30)33-24-11-4-3-5-12-24)29-17-8-13-26(32)31-18-14-22-9-6-7-10-23(22)21-31/h3-7,9-12,25H,2,8,13-21H2,1H3,(H,28,29). The van der Waals surface area contributed by atoms with Gasteiger partial charge in [0.25, 0.3) is 0 Å². The van der Waals surface area contributed by atoms with E-state index in [1.165, 1.54) is 11.1 Å². The van der Waals surface area contributed by atoms with Crippen molar-refractivity contribution >= 4 is 11.9 Å².